The highest BCUT2D eigenvalue weighted by Crippen LogP contribution is 2.29. The molecule has 0 spiro atoms. The molecule has 1 unspecified atom stereocenters. The maximum absolute atomic E-state index is 12.3. The van der Waals surface area contributed by atoms with Crippen LogP contribution in [0.1, 0.15) is 43.2 Å². The number of hydrogen-bond donors (Lipinski definition) is 1. The molecule has 142 valence electrons. The second kappa shape index (κ2) is 8.59. The van der Waals surface area contributed by atoms with E-state index in [-0.39, 0.29) is 30.6 Å². The van der Waals surface area contributed by atoms with Crippen molar-refractivity contribution in [2.24, 2.45) is 0 Å². The molecule has 0 bridgehead atoms. The molecule has 1 atom stereocenters. The highest BCUT2D eigenvalue weighted by molar-refractivity contribution is 7.15. The molecule has 0 aromatic carbocycles. The molecule has 9 heteroatoms. The maximum Gasteiger partial charge on any atom is 0.306 e. The van der Waals surface area contributed by atoms with E-state index in [1.165, 1.54) is 11.3 Å². The van der Waals surface area contributed by atoms with Crippen molar-refractivity contribution >= 4 is 34.3 Å². The third-order valence-electron chi connectivity index (χ3n) is 4.38. The van der Waals surface area contributed by atoms with Gasteiger partial charge in [-0.05, 0) is 19.8 Å². The number of amides is 2. The standard InChI is InChI=1S/C17H23N3O5S/c1-2-24-15(22)6-5-14(21)20-8-7-11-13(10-20)26-17(18-11)19-16(23)12-4-3-9-25-12/h12H,2-10H2,1H3,(H,18,19,23). The number of fused-ring (bicyclic) bond motifs is 1. The van der Waals surface area contributed by atoms with E-state index >= 15 is 0 Å². The van der Waals surface area contributed by atoms with E-state index in [2.05, 4.69) is 10.3 Å². The Bertz CT molecular complexity index is 684. The van der Waals surface area contributed by atoms with Crippen molar-refractivity contribution in [2.45, 2.75) is 51.7 Å². The van der Waals surface area contributed by atoms with Gasteiger partial charge in [0.05, 0.1) is 25.3 Å². The molecule has 1 saturated heterocycles. The highest BCUT2D eigenvalue weighted by atomic mass is 32.1. The monoisotopic (exact) mass is 381 g/mol. The number of aromatic nitrogens is 1. The number of esters is 1. The van der Waals surface area contributed by atoms with E-state index in [1.54, 1.807) is 11.8 Å². The second-order valence-electron chi connectivity index (χ2n) is 6.25. The number of nitrogens with one attached hydrogen (secondary N) is 1. The summed E-state index contributed by atoms with van der Waals surface area (Å²) >= 11 is 1.39. The molecule has 2 aliphatic heterocycles. The number of hydrogen-bond acceptors (Lipinski definition) is 7. The first-order chi connectivity index (χ1) is 12.6. The van der Waals surface area contributed by atoms with Crippen LogP contribution in [0.4, 0.5) is 5.13 Å². The zero-order chi connectivity index (χ0) is 18.5. The largest absolute Gasteiger partial charge is 0.466 e. The first kappa shape index (κ1) is 18.8. The number of anilines is 1. The number of nitrogens with zero attached hydrogens (tertiary/aromatic N) is 2. The minimum absolute atomic E-state index is 0.0676. The van der Waals surface area contributed by atoms with Gasteiger partial charge in [-0.15, -0.1) is 0 Å². The predicted octanol–water partition coefficient (Wildman–Crippen LogP) is 1.49. The molecule has 26 heavy (non-hydrogen) atoms. The van der Waals surface area contributed by atoms with Gasteiger partial charge in [-0.2, -0.15) is 0 Å². The van der Waals surface area contributed by atoms with Crippen LogP contribution in [-0.4, -0.2) is 53.5 Å². The molecule has 1 N–H and O–H groups in total. The van der Waals surface area contributed by atoms with Gasteiger partial charge >= 0.3 is 5.97 Å². The fraction of sp³-hybridized carbons (Fsp3) is 0.647. The molecule has 3 heterocycles. The van der Waals surface area contributed by atoms with Gasteiger partial charge in [0.2, 0.25) is 5.91 Å². The van der Waals surface area contributed by atoms with Gasteiger partial charge in [0.1, 0.15) is 6.10 Å². The van der Waals surface area contributed by atoms with Crippen LogP contribution in [0.25, 0.3) is 0 Å². The van der Waals surface area contributed by atoms with Crippen molar-refractivity contribution in [2.75, 3.05) is 25.1 Å². The first-order valence-electron chi connectivity index (χ1n) is 8.91. The van der Waals surface area contributed by atoms with Crippen molar-refractivity contribution in [3.8, 4) is 0 Å². The van der Waals surface area contributed by atoms with Crippen molar-refractivity contribution in [3.63, 3.8) is 0 Å². The molecule has 8 nitrogen and oxygen atoms in total. The smallest absolute Gasteiger partial charge is 0.306 e. The van der Waals surface area contributed by atoms with Crippen LogP contribution >= 0.6 is 11.3 Å². The summed E-state index contributed by atoms with van der Waals surface area (Å²) in [5, 5.41) is 3.37. The molecule has 1 aromatic heterocycles. The molecular formula is C17H23N3O5S. The molecule has 2 amide bonds. The van der Waals surface area contributed by atoms with E-state index in [4.69, 9.17) is 9.47 Å². The number of thiazole rings is 1. The van der Waals surface area contributed by atoms with Crippen LogP contribution in [-0.2, 0) is 36.8 Å². The lowest BCUT2D eigenvalue weighted by atomic mass is 10.1. The van der Waals surface area contributed by atoms with Crippen molar-refractivity contribution < 1.29 is 23.9 Å². The lowest BCUT2D eigenvalue weighted by Crippen LogP contribution is -2.35. The topological polar surface area (TPSA) is 97.8 Å². The van der Waals surface area contributed by atoms with Crippen LogP contribution in [0.3, 0.4) is 0 Å². The van der Waals surface area contributed by atoms with Crippen LogP contribution in [0, 0.1) is 0 Å². The quantitative estimate of drug-likeness (QED) is 0.750. The van der Waals surface area contributed by atoms with Gasteiger partial charge in [0.15, 0.2) is 5.13 Å². The molecule has 1 aromatic rings. The summed E-state index contributed by atoms with van der Waals surface area (Å²) in [7, 11) is 0. The van der Waals surface area contributed by atoms with E-state index in [0.29, 0.717) is 37.9 Å². The maximum atomic E-state index is 12.3. The van der Waals surface area contributed by atoms with Crippen LogP contribution in [0.5, 0.6) is 0 Å². The van der Waals surface area contributed by atoms with Crippen LogP contribution in [0.15, 0.2) is 0 Å². The number of carbonyl (C=O) groups is 3. The molecule has 0 radical (unpaired) electrons. The van der Waals surface area contributed by atoms with Gasteiger partial charge in [-0.3, -0.25) is 19.7 Å². The summed E-state index contributed by atoms with van der Waals surface area (Å²) < 4.78 is 10.2. The zero-order valence-electron chi connectivity index (χ0n) is 14.8. The number of carbonyl (C=O) groups excluding carboxylic acids is 3. The van der Waals surface area contributed by atoms with E-state index in [1.807, 2.05) is 0 Å². The van der Waals surface area contributed by atoms with Crippen LogP contribution in [0.2, 0.25) is 0 Å². The van der Waals surface area contributed by atoms with Gasteiger partial charge in [-0.1, -0.05) is 11.3 Å². The van der Waals surface area contributed by atoms with Crippen molar-refractivity contribution in [3.05, 3.63) is 10.6 Å². The van der Waals surface area contributed by atoms with E-state index < -0.39 is 6.10 Å². The number of rotatable bonds is 6. The van der Waals surface area contributed by atoms with Crippen LogP contribution < -0.4 is 5.32 Å². The molecule has 1 fully saturated rings. The summed E-state index contributed by atoms with van der Waals surface area (Å²) in [5.41, 5.74) is 0.923. The lowest BCUT2D eigenvalue weighted by Gasteiger charge is -2.26. The second-order valence-corrected chi connectivity index (χ2v) is 7.33. The fourth-order valence-corrected chi connectivity index (χ4v) is 4.06. The normalized spacial score (nSPS) is 19.1. The summed E-state index contributed by atoms with van der Waals surface area (Å²) in [6.07, 6.45) is 2.13. The predicted molar refractivity (Wildman–Crippen MR) is 94.7 cm³/mol. The third kappa shape index (κ3) is 4.59. The number of ether oxygens (including phenoxy) is 2. The zero-order valence-corrected chi connectivity index (χ0v) is 15.6. The molecule has 2 aliphatic rings. The van der Waals surface area contributed by atoms with Crippen molar-refractivity contribution in [1.82, 2.24) is 9.88 Å². The molecule has 0 aliphatic carbocycles. The SMILES string of the molecule is CCOC(=O)CCC(=O)N1CCc2nc(NC(=O)C3CCCO3)sc2C1. The van der Waals surface area contributed by atoms with Gasteiger partial charge in [-0.25, -0.2) is 4.98 Å². The molecule has 0 saturated carbocycles. The Morgan fingerprint density at radius 1 is 1.38 bits per heavy atom. The Labute approximate surface area is 155 Å². The Hall–Kier alpha value is -2.00. The van der Waals surface area contributed by atoms with E-state index in [9.17, 15) is 14.4 Å². The van der Waals surface area contributed by atoms with Gasteiger partial charge in [0.25, 0.3) is 5.91 Å². The highest BCUT2D eigenvalue weighted by Gasteiger charge is 2.27. The minimum Gasteiger partial charge on any atom is -0.466 e. The Morgan fingerprint density at radius 2 is 2.23 bits per heavy atom. The Balaban J connectivity index is 1.53. The summed E-state index contributed by atoms with van der Waals surface area (Å²) in [4.78, 5) is 43.0. The fourth-order valence-electron chi connectivity index (χ4n) is 3.03. The average Bonchev–Trinajstić information content (AvgIpc) is 3.28. The van der Waals surface area contributed by atoms with Gasteiger partial charge < -0.3 is 14.4 Å². The molecule has 3 rings (SSSR count). The molecular weight excluding hydrogens is 358 g/mol. The minimum atomic E-state index is -0.392. The third-order valence-corrected chi connectivity index (χ3v) is 5.38. The summed E-state index contributed by atoms with van der Waals surface area (Å²) in [5.74, 6) is -0.575. The lowest BCUT2D eigenvalue weighted by molar-refractivity contribution is -0.145. The summed E-state index contributed by atoms with van der Waals surface area (Å²) in [6.45, 7) is 3.71. The Kier molecular flexibility index (Phi) is 6.20. The Morgan fingerprint density at radius 3 is 2.96 bits per heavy atom. The first-order valence-corrected chi connectivity index (χ1v) is 9.73. The van der Waals surface area contributed by atoms with Crippen molar-refractivity contribution in [1.29, 1.82) is 0 Å². The van der Waals surface area contributed by atoms with Gasteiger partial charge in [0, 0.05) is 30.9 Å². The average molecular weight is 381 g/mol. The van der Waals surface area contributed by atoms with E-state index in [0.717, 1.165) is 23.4 Å². The summed E-state index contributed by atoms with van der Waals surface area (Å²) in [6, 6.07) is 0.